The number of carbonyl (C=O) groups is 2. The van der Waals surface area contributed by atoms with Crippen molar-refractivity contribution in [1.82, 2.24) is 34.0 Å². The normalized spacial score (nSPS) is 14.6. The van der Waals surface area contributed by atoms with Crippen LogP contribution in [0.15, 0.2) is 106 Å². The van der Waals surface area contributed by atoms with Crippen molar-refractivity contribution in [1.29, 1.82) is 0 Å². The zero-order valence-electron chi connectivity index (χ0n) is 32.0. The maximum Gasteiger partial charge on any atom is 0.310 e. The predicted octanol–water partition coefficient (Wildman–Crippen LogP) is 7.80. The number of aromatic nitrogens is 6. The van der Waals surface area contributed by atoms with Crippen LogP contribution < -0.4 is 20.5 Å². The van der Waals surface area contributed by atoms with E-state index in [1.807, 2.05) is 30.3 Å². The number of piperazine rings is 1. The second-order valence-electron chi connectivity index (χ2n) is 14.1. The minimum absolute atomic E-state index is 0.00229. The molecule has 2 amide bonds. The van der Waals surface area contributed by atoms with Crippen LogP contribution in [-0.4, -0.2) is 72.0 Å². The Bertz CT molecular complexity index is 2840. The van der Waals surface area contributed by atoms with Gasteiger partial charge in [-0.1, -0.05) is 68.8 Å². The highest BCUT2D eigenvalue weighted by molar-refractivity contribution is 8.45. The van der Waals surface area contributed by atoms with Crippen LogP contribution in [-0.2, 0) is 24.4 Å². The van der Waals surface area contributed by atoms with Crippen molar-refractivity contribution in [2.24, 2.45) is 0 Å². The standard InChI is InChI=1S/C40H36F5N9O5S/c1-3-31-35(51-16-18-52(19-17-51)38(56)34-36(25(2)46-24-47-34)59-23-26-7-5-4-6-8-26)39(57)54-40(49-37(50-54)28-10-9-27-15-20-58-32(27)21-28)53(31)22-33(55)48-29-11-13-30(14-12-29)60(41,42,43,44)45/h4-15,20-21,24H,3,16-19,22-23H2,1-2H3,(H,48,55). The number of fused-ring (bicyclic) bond motifs is 2. The van der Waals surface area contributed by atoms with Crippen molar-refractivity contribution in [3.05, 3.63) is 124 Å². The Kier molecular flexibility index (Phi) is 9.64. The maximum atomic E-state index is 14.4. The van der Waals surface area contributed by atoms with Gasteiger partial charge in [0.15, 0.2) is 17.3 Å². The van der Waals surface area contributed by atoms with Gasteiger partial charge in [-0.2, -0.15) is 9.50 Å². The number of benzene rings is 3. The van der Waals surface area contributed by atoms with Crippen molar-refractivity contribution in [3.8, 4) is 17.1 Å². The number of anilines is 2. The Hall–Kier alpha value is -6.83. The molecule has 5 heterocycles. The van der Waals surface area contributed by atoms with Gasteiger partial charge in [-0.3, -0.25) is 14.4 Å². The van der Waals surface area contributed by atoms with E-state index in [4.69, 9.17) is 9.15 Å². The van der Waals surface area contributed by atoms with Gasteiger partial charge in [0.25, 0.3) is 11.5 Å². The number of aryl methyl sites for hydroxylation is 1. The van der Waals surface area contributed by atoms with E-state index in [1.165, 1.54) is 17.2 Å². The lowest BCUT2D eigenvalue weighted by atomic mass is 10.1. The van der Waals surface area contributed by atoms with Gasteiger partial charge in [0.1, 0.15) is 35.6 Å². The van der Waals surface area contributed by atoms with E-state index in [1.54, 1.807) is 47.9 Å². The van der Waals surface area contributed by atoms with E-state index in [2.05, 4.69) is 25.4 Å². The minimum atomic E-state index is -9.94. The van der Waals surface area contributed by atoms with Gasteiger partial charge in [0, 0.05) is 42.8 Å². The molecular formula is C40H36F5N9O5S. The summed E-state index contributed by atoms with van der Waals surface area (Å²) in [5, 5.41) is 7.83. The van der Waals surface area contributed by atoms with E-state index < -0.39 is 33.1 Å². The molecule has 0 saturated carbocycles. The molecule has 0 radical (unpaired) electrons. The zero-order valence-corrected chi connectivity index (χ0v) is 32.8. The van der Waals surface area contributed by atoms with Crippen LogP contribution in [0.1, 0.15) is 34.4 Å². The van der Waals surface area contributed by atoms with Crippen LogP contribution >= 0.6 is 10.2 Å². The number of rotatable bonds is 11. The average Bonchev–Trinajstić information content (AvgIpc) is 3.89. The monoisotopic (exact) mass is 849 g/mol. The van der Waals surface area contributed by atoms with Gasteiger partial charge in [0.05, 0.1) is 17.7 Å². The highest BCUT2D eigenvalue weighted by atomic mass is 32.5. The first kappa shape index (κ1) is 40.0. The van der Waals surface area contributed by atoms with Gasteiger partial charge in [-0.05, 0) is 55.3 Å². The summed E-state index contributed by atoms with van der Waals surface area (Å²) in [6.07, 6.45) is 3.04. The van der Waals surface area contributed by atoms with Crippen LogP contribution in [0, 0.1) is 6.92 Å². The SMILES string of the molecule is CCc1c(N2CCN(C(=O)c3ncnc(C)c3OCc3ccccc3)CC2)c(=O)n2nc(-c3ccc4ccoc4c3)nc2n1CC(=O)Nc1ccc(S(F)(F)(F)(F)F)cc1. The van der Waals surface area contributed by atoms with Gasteiger partial charge in [0.2, 0.25) is 11.7 Å². The summed E-state index contributed by atoms with van der Waals surface area (Å²) in [5.41, 5.74) is 2.44. The Morgan fingerprint density at radius 3 is 2.35 bits per heavy atom. The topological polar surface area (TPSA) is 153 Å². The first-order valence-corrected chi connectivity index (χ1v) is 20.6. The molecule has 1 saturated heterocycles. The van der Waals surface area contributed by atoms with Crippen LogP contribution in [0.3, 0.4) is 0 Å². The lowest BCUT2D eigenvalue weighted by Gasteiger charge is -2.40. The molecule has 14 nitrogen and oxygen atoms in total. The fraction of sp³-hybridized carbons (Fsp3) is 0.225. The Morgan fingerprint density at radius 1 is 0.917 bits per heavy atom. The van der Waals surface area contributed by atoms with Gasteiger partial charge >= 0.3 is 10.2 Å². The molecule has 0 spiro atoms. The smallest absolute Gasteiger partial charge is 0.310 e. The van der Waals surface area contributed by atoms with Gasteiger partial charge < -0.3 is 28.8 Å². The quantitative estimate of drug-likeness (QED) is 0.128. The molecule has 312 valence electrons. The molecule has 4 aromatic heterocycles. The lowest BCUT2D eigenvalue weighted by molar-refractivity contribution is -0.116. The number of hydrogen-bond donors (Lipinski definition) is 1. The van der Waals surface area contributed by atoms with Crippen LogP contribution in [0.4, 0.5) is 30.8 Å². The van der Waals surface area contributed by atoms with E-state index in [0.29, 0.717) is 22.5 Å². The average molecular weight is 850 g/mol. The molecular weight excluding hydrogens is 814 g/mol. The van der Waals surface area contributed by atoms with Crippen molar-refractivity contribution in [3.63, 3.8) is 0 Å². The zero-order chi connectivity index (χ0) is 42.5. The Labute approximate surface area is 338 Å². The Morgan fingerprint density at radius 2 is 1.65 bits per heavy atom. The summed E-state index contributed by atoms with van der Waals surface area (Å²) in [7, 11) is -9.94. The fourth-order valence-corrected chi connectivity index (χ4v) is 7.74. The van der Waals surface area contributed by atoms with E-state index >= 15 is 0 Å². The third-order valence-electron chi connectivity index (χ3n) is 10.1. The summed E-state index contributed by atoms with van der Waals surface area (Å²) in [5.74, 6) is -0.726. The maximum absolute atomic E-state index is 14.4. The molecule has 0 aliphatic carbocycles. The third-order valence-corrected chi connectivity index (χ3v) is 11.2. The number of hydrogen-bond acceptors (Lipinski definition) is 10. The van der Waals surface area contributed by atoms with Crippen molar-refractivity contribution in [2.45, 2.75) is 38.3 Å². The van der Waals surface area contributed by atoms with Crippen LogP contribution in [0.25, 0.3) is 28.1 Å². The third kappa shape index (κ3) is 7.96. The number of nitrogens with one attached hydrogen (secondary N) is 1. The van der Waals surface area contributed by atoms with Crippen LogP contribution in [0.5, 0.6) is 5.75 Å². The van der Waals surface area contributed by atoms with E-state index in [-0.39, 0.29) is 91.7 Å². The van der Waals surface area contributed by atoms with Crippen molar-refractivity contribution < 1.29 is 38.2 Å². The molecule has 3 aromatic carbocycles. The highest BCUT2D eigenvalue weighted by Gasteiger charge is 2.65. The van der Waals surface area contributed by atoms with Gasteiger partial charge in [-0.15, -0.1) is 5.10 Å². The molecule has 0 atom stereocenters. The molecule has 7 aromatic rings. The van der Waals surface area contributed by atoms with E-state index in [0.717, 1.165) is 27.6 Å². The molecule has 1 aliphatic rings. The first-order valence-electron chi connectivity index (χ1n) is 18.6. The molecule has 0 bridgehead atoms. The number of ether oxygens (including phenoxy) is 1. The second-order valence-corrected chi connectivity index (χ2v) is 16.5. The van der Waals surface area contributed by atoms with Gasteiger partial charge in [-0.25, -0.2) is 9.97 Å². The number of furan rings is 1. The molecule has 60 heavy (non-hydrogen) atoms. The lowest BCUT2D eigenvalue weighted by Crippen LogP contribution is -2.51. The second kappa shape index (κ2) is 14.5. The summed E-state index contributed by atoms with van der Waals surface area (Å²) in [6, 6.07) is 18.4. The van der Waals surface area contributed by atoms with Crippen molar-refractivity contribution in [2.75, 3.05) is 36.4 Å². The summed E-state index contributed by atoms with van der Waals surface area (Å²) in [6.45, 7) is 3.97. The minimum Gasteiger partial charge on any atom is -0.485 e. The number of nitrogens with zero attached hydrogens (tertiary/aromatic N) is 8. The number of halogens is 5. The predicted molar refractivity (Wildman–Crippen MR) is 214 cm³/mol. The van der Waals surface area contributed by atoms with Crippen molar-refractivity contribution >= 4 is 50.2 Å². The molecule has 0 unspecified atom stereocenters. The number of carbonyl (C=O) groups excluding carboxylic acids is 2. The highest BCUT2D eigenvalue weighted by Crippen LogP contribution is 3.02. The van der Waals surface area contributed by atoms with Crippen LogP contribution in [0.2, 0.25) is 0 Å². The summed E-state index contributed by atoms with van der Waals surface area (Å²) >= 11 is 0. The largest absolute Gasteiger partial charge is 0.485 e. The fourth-order valence-electron chi connectivity index (χ4n) is 7.08. The number of amides is 2. The molecule has 8 rings (SSSR count). The first-order chi connectivity index (χ1) is 28.5. The Balaban J connectivity index is 1.10. The summed E-state index contributed by atoms with van der Waals surface area (Å²) < 4.78 is 80.9. The molecule has 1 aliphatic heterocycles. The van der Waals surface area contributed by atoms with E-state index in [9.17, 15) is 33.8 Å². The molecule has 1 N–H and O–H groups in total. The summed E-state index contributed by atoms with van der Waals surface area (Å²) in [4.78, 5) is 56.4. The molecule has 20 heteroatoms. The molecule has 1 fully saturated rings.